The minimum absolute atomic E-state index is 0.246. The zero-order valence-electron chi connectivity index (χ0n) is 13.3. The van der Waals surface area contributed by atoms with Crippen LogP contribution in [-0.2, 0) is 10.2 Å². The third-order valence-electron chi connectivity index (χ3n) is 3.84. The van der Waals surface area contributed by atoms with E-state index in [1.54, 1.807) is 13.8 Å². The third kappa shape index (κ3) is 3.31. The first-order chi connectivity index (χ1) is 10.9. The molecule has 23 heavy (non-hydrogen) atoms. The quantitative estimate of drug-likeness (QED) is 0.893. The van der Waals surface area contributed by atoms with Gasteiger partial charge in [-0.05, 0) is 45.7 Å². The fourth-order valence-electron chi connectivity index (χ4n) is 2.78. The number of nitrogens with zero attached hydrogens (tertiary/aromatic N) is 3. The fourth-order valence-corrected chi connectivity index (χ4v) is 4.37. The van der Waals surface area contributed by atoms with Gasteiger partial charge in [0.05, 0.1) is 12.1 Å². The lowest BCUT2D eigenvalue weighted by atomic mass is 10.2. The van der Waals surface area contributed by atoms with Crippen LogP contribution in [0.5, 0.6) is 0 Å². The van der Waals surface area contributed by atoms with Gasteiger partial charge in [0, 0.05) is 6.54 Å². The summed E-state index contributed by atoms with van der Waals surface area (Å²) in [6.45, 7) is 5.65. The number of rotatable bonds is 5. The Labute approximate surface area is 135 Å². The topological polar surface area (TPSA) is 101 Å². The molecule has 0 amide bonds. The van der Waals surface area contributed by atoms with Gasteiger partial charge in [-0.15, -0.1) is 0 Å². The van der Waals surface area contributed by atoms with Crippen LogP contribution in [0.4, 0.5) is 0 Å². The Morgan fingerprint density at radius 3 is 2.78 bits per heavy atom. The summed E-state index contributed by atoms with van der Waals surface area (Å²) >= 11 is 0. The largest absolute Gasteiger partial charge is 0.465 e. The molecule has 0 radical (unpaired) electrons. The van der Waals surface area contributed by atoms with Gasteiger partial charge in [0.25, 0.3) is 10.2 Å². The second kappa shape index (κ2) is 6.06. The molecule has 0 bridgehead atoms. The normalized spacial score (nSPS) is 20.9. The summed E-state index contributed by atoms with van der Waals surface area (Å²) in [6, 6.07) is 2.80. The monoisotopic (exact) mass is 340 g/mol. The van der Waals surface area contributed by atoms with Crippen LogP contribution in [0.25, 0.3) is 0 Å². The van der Waals surface area contributed by atoms with Crippen LogP contribution in [0.1, 0.15) is 55.1 Å². The molecule has 2 atom stereocenters. The molecule has 1 aliphatic rings. The van der Waals surface area contributed by atoms with E-state index in [-0.39, 0.29) is 11.9 Å². The highest BCUT2D eigenvalue weighted by Crippen LogP contribution is 2.35. The van der Waals surface area contributed by atoms with Crippen molar-refractivity contribution in [3.05, 3.63) is 35.4 Å². The molecule has 0 spiro atoms. The van der Waals surface area contributed by atoms with Gasteiger partial charge in [-0.25, -0.2) is 0 Å². The van der Waals surface area contributed by atoms with Crippen LogP contribution in [0.15, 0.2) is 21.1 Å². The van der Waals surface area contributed by atoms with Gasteiger partial charge in [-0.2, -0.15) is 22.4 Å². The maximum absolute atomic E-state index is 12.7. The first-order valence-electron chi connectivity index (χ1n) is 7.52. The predicted molar refractivity (Wildman–Crippen MR) is 81.6 cm³/mol. The molecule has 8 nitrogen and oxygen atoms in total. The Bertz CT molecular complexity index is 782. The lowest BCUT2D eigenvalue weighted by Crippen LogP contribution is -2.41. The van der Waals surface area contributed by atoms with Crippen LogP contribution >= 0.6 is 0 Å². The van der Waals surface area contributed by atoms with Gasteiger partial charge in [0.1, 0.15) is 11.5 Å². The minimum Gasteiger partial charge on any atom is -0.465 e. The molecular formula is C14H20N4O4S. The van der Waals surface area contributed by atoms with Crippen molar-refractivity contribution in [1.29, 1.82) is 0 Å². The first-order valence-corrected chi connectivity index (χ1v) is 8.96. The summed E-state index contributed by atoms with van der Waals surface area (Å²) in [5.41, 5.74) is 0. The zero-order valence-corrected chi connectivity index (χ0v) is 14.1. The number of hydrogen-bond donors (Lipinski definition) is 1. The van der Waals surface area contributed by atoms with Gasteiger partial charge in [0.2, 0.25) is 5.89 Å². The van der Waals surface area contributed by atoms with Crippen molar-refractivity contribution >= 4 is 10.2 Å². The molecule has 2 aromatic rings. The molecule has 1 N–H and O–H groups in total. The van der Waals surface area contributed by atoms with Crippen LogP contribution in [-0.4, -0.2) is 29.4 Å². The smallest absolute Gasteiger partial charge is 0.280 e. The zero-order chi connectivity index (χ0) is 16.6. The molecule has 3 rings (SSSR count). The van der Waals surface area contributed by atoms with Gasteiger partial charge >= 0.3 is 0 Å². The average molecular weight is 340 g/mol. The van der Waals surface area contributed by atoms with Crippen molar-refractivity contribution in [2.24, 2.45) is 0 Å². The summed E-state index contributed by atoms with van der Waals surface area (Å²) in [6.07, 6.45) is 1.53. The van der Waals surface area contributed by atoms with Crippen molar-refractivity contribution in [3.63, 3.8) is 0 Å². The molecule has 3 heterocycles. The number of furan rings is 1. The Hall–Kier alpha value is -1.71. The standard InChI is InChI=1S/C14H20N4O4S/c1-9-6-7-13(21-9)12-5-4-8-18(12)23(19,20)17-10(2)14-15-11(3)16-22-14/h6-7,10,12,17H,4-5,8H2,1-3H3. The van der Waals surface area contributed by atoms with Crippen LogP contribution in [0, 0.1) is 13.8 Å². The summed E-state index contributed by atoms with van der Waals surface area (Å²) < 4.78 is 40.1. The maximum Gasteiger partial charge on any atom is 0.280 e. The molecule has 9 heteroatoms. The van der Waals surface area contributed by atoms with E-state index in [0.717, 1.165) is 18.6 Å². The van der Waals surface area contributed by atoms with Crippen molar-refractivity contribution in [2.45, 2.75) is 45.7 Å². The second-order valence-electron chi connectivity index (χ2n) is 5.74. The molecule has 0 saturated carbocycles. The molecule has 1 saturated heterocycles. The second-order valence-corrected chi connectivity index (χ2v) is 7.40. The van der Waals surface area contributed by atoms with E-state index >= 15 is 0 Å². The number of hydrogen-bond acceptors (Lipinski definition) is 6. The van der Waals surface area contributed by atoms with Gasteiger partial charge < -0.3 is 8.94 Å². The van der Waals surface area contributed by atoms with E-state index in [4.69, 9.17) is 8.94 Å². The van der Waals surface area contributed by atoms with Crippen molar-refractivity contribution in [1.82, 2.24) is 19.2 Å². The van der Waals surface area contributed by atoms with E-state index in [2.05, 4.69) is 14.9 Å². The molecule has 0 aliphatic carbocycles. The van der Waals surface area contributed by atoms with Crippen molar-refractivity contribution in [2.75, 3.05) is 6.54 Å². The van der Waals surface area contributed by atoms with Gasteiger partial charge in [-0.3, -0.25) is 0 Å². The van der Waals surface area contributed by atoms with Crippen molar-refractivity contribution in [3.8, 4) is 0 Å². The number of aryl methyl sites for hydroxylation is 2. The summed E-state index contributed by atoms with van der Waals surface area (Å²) in [4.78, 5) is 4.06. The van der Waals surface area contributed by atoms with Crippen LogP contribution < -0.4 is 4.72 Å². The molecule has 2 unspecified atom stereocenters. The molecule has 126 valence electrons. The molecule has 1 aliphatic heterocycles. The maximum atomic E-state index is 12.7. The van der Waals surface area contributed by atoms with E-state index in [9.17, 15) is 8.42 Å². The Balaban J connectivity index is 1.78. The van der Waals surface area contributed by atoms with E-state index in [0.29, 0.717) is 18.1 Å². The summed E-state index contributed by atoms with van der Waals surface area (Å²) in [5, 5.41) is 3.68. The highest BCUT2D eigenvalue weighted by atomic mass is 32.2. The predicted octanol–water partition coefficient (Wildman–Crippen LogP) is 2.01. The molecule has 0 aromatic carbocycles. The van der Waals surface area contributed by atoms with Crippen LogP contribution in [0.2, 0.25) is 0 Å². The Morgan fingerprint density at radius 1 is 1.39 bits per heavy atom. The highest BCUT2D eigenvalue weighted by Gasteiger charge is 2.38. The lowest BCUT2D eigenvalue weighted by Gasteiger charge is -2.24. The van der Waals surface area contributed by atoms with E-state index < -0.39 is 16.3 Å². The first kappa shape index (κ1) is 16.2. The van der Waals surface area contributed by atoms with Crippen molar-refractivity contribution < 1.29 is 17.4 Å². The molecular weight excluding hydrogens is 320 g/mol. The average Bonchev–Trinajstić information content (AvgIpc) is 3.17. The summed E-state index contributed by atoms with van der Waals surface area (Å²) in [5.74, 6) is 2.16. The third-order valence-corrected chi connectivity index (χ3v) is 5.55. The Morgan fingerprint density at radius 2 is 2.17 bits per heavy atom. The van der Waals surface area contributed by atoms with E-state index in [1.165, 1.54) is 4.31 Å². The SMILES string of the molecule is Cc1noc(C(C)NS(=O)(=O)N2CCCC2c2ccc(C)o2)n1. The number of aromatic nitrogens is 2. The highest BCUT2D eigenvalue weighted by molar-refractivity contribution is 7.87. The Kier molecular flexibility index (Phi) is 4.26. The van der Waals surface area contributed by atoms with Crippen LogP contribution in [0.3, 0.4) is 0 Å². The molecule has 1 fully saturated rings. The fraction of sp³-hybridized carbons (Fsp3) is 0.571. The van der Waals surface area contributed by atoms with E-state index in [1.807, 2.05) is 19.1 Å². The lowest BCUT2D eigenvalue weighted by molar-refractivity contribution is 0.319. The van der Waals surface area contributed by atoms with Gasteiger partial charge in [0.15, 0.2) is 5.82 Å². The van der Waals surface area contributed by atoms with Gasteiger partial charge in [-0.1, -0.05) is 5.16 Å². The number of nitrogens with one attached hydrogen (secondary N) is 1. The minimum atomic E-state index is -3.69. The molecule has 2 aromatic heterocycles. The summed E-state index contributed by atoms with van der Waals surface area (Å²) in [7, 11) is -3.69.